The van der Waals surface area contributed by atoms with E-state index in [-0.39, 0.29) is 48.3 Å². The summed E-state index contributed by atoms with van der Waals surface area (Å²) < 4.78 is 77.7. The van der Waals surface area contributed by atoms with E-state index in [9.17, 15) is 35.9 Å². The van der Waals surface area contributed by atoms with Crippen LogP contribution in [-0.2, 0) is 23.6 Å². The number of halogens is 6. The lowest BCUT2D eigenvalue weighted by molar-refractivity contribution is -0.139. The minimum Gasteiger partial charge on any atom is -0.348 e. The Morgan fingerprint density at radius 3 is 2.31 bits per heavy atom. The number of anilines is 1. The van der Waals surface area contributed by atoms with Crippen molar-refractivity contribution in [3.63, 3.8) is 0 Å². The van der Waals surface area contributed by atoms with Crippen molar-refractivity contribution < 1.29 is 31.1 Å². The molecule has 1 atom stereocenters. The number of nitrogens with zero attached hydrogens (tertiary/aromatic N) is 4. The molecular formula is C21H22F6N6O2. The summed E-state index contributed by atoms with van der Waals surface area (Å²) in [5, 5.41) is 8.33. The topological polar surface area (TPSA) is 104 Å². The maximum atomic E-state index is 13.2. The molecule has 0 saturated carbocycles. The predicted molar refractivity (Wildman–Crippen MR) is 110 cm³/mol. The number of piperidine rings is 1. The van der Waals surface area contributed by atoms with Crippen LogP contribution in [-0.4, -0.2) is 39.2 Å². The molecule has 1 amide bonds. The summed E-state index contributed by atoms with van der Waals surface area (Å²) in [5.74, 6) is 0.101. The zero-order valence-electron chi connectivity index (χ0n) is 18.3. The zero-order chi connectivity index (χ0) is 25.4. The van der Waals surface area contributed by atoms with Crippen LogP contribution in [0, 0.1) is 5.92 Å². The lowest BCUT2D eigenvalue weighted by atomic mass is 9.92. The molecule has 0 radical (unpaired) electrons. The van der Waals surface area contributed by atoms with Gasteiger partial charge in [0.1, 0.15) is 5.56 Å². The third-order valence-corrected chi connectivity index (χ3v) is 6.39. The van der Waals surface area contributed by atoms with E-state index in [2.05, 4.69) is 20.4 Å². The number of H-pyrrole nitrogens is 1. The Kier molecular flexibility index (Phi) is 6.73. The van der Waals surface area contributed by atoms with Crippen molar-refractivity contribution in [1.29, 1.82) is 0 Å². The van der Waals surface area contributed by atoms with Crippen molar-refractivity contribution in [2.24, 2.45) is 5.92 Å². The van der Waals surface area contributed by atoms with Gasteiger partial charge in [0, 0.05) is 31.9 Å². The molecule has 2 N–H and O–H groups in total. The Balaban J connectivity index is 1.27. The molecule has 1 unspecified atom stereocenters. The Morgan fingerprint density at radius 2 is 1.71 bits per heavy atom. The summed E-state index contributed by atoms with van der Waals surface area (Å²) in [5.41, 5.74) is -3.61. The number of nitrogens with one attached hydrogen (secondary N) is 2. The van der Waals surface area contributed by atoms with Gasteiger partial charge in [0.15, 0.2) is 0 Å². The number of aromatic amines is 1. The Hall–Kier alpha value is -3.19. The van der Waals surface area contributed by atoms with Crippen LogP contribution >= 0.6 is 0 Å². The van der Waals surface area contributed by atoms with E-state index < -0.39 is 35.1 Å². The molecule has 4 rings (SSSR count). The van der Waals surface area contributed by atoms with Gasteiger partial charge >= 0.3 is 12.4 Å². The molecule has 2 aromatic rings. The minimum absolute atomic E-state index is 0.00345. The quantitative estimate of drug-likeness (QED) is 0.605. The van der Waals surface area contributed by atoms with Crippen molar-refractivity contribution in [3.05, 3.63) is 45.1 Å². The summed E-state index contributed by atoms with van der Waals surface area (Å²) in [6, 6.07) is -0.700. The number of carbonyl (C=O) groups excluding carboxylic acids is 1. The van der Waals surface area contributed by atoms with Crippen LogP contribution in [0.15, 0.2) is 17.2 Å². The fourth-order valence-electron chi connectivity index (χ4n) is 4.56. The van der Waals surface area contributed by atoms with Gasteiger partial charge in [0.25, 0.3) is 5.56 Å². The van der Waals surface area contributed by atoms with Crippen molar-refractivity contribution in [1.82, 2.24) is 25.5 Å². The molecular weight excluding hydrogens is 482 g/mol. The third kappa shape index (κ3) is 5.56. The molecule has 14 heteroatoms. The monoisotopic (exact) mass is 504 g/mol. The maximum absolute atomic E-state index is 13.2. The number of hydrogen-bond donors (Lipinski definition) is 2. The smallest absolute Gasteiger partial charge is 0.348 e. The summed E-state index contributed by atoms with van der Waals surface area (Å²) in [7, 11) is 0. The van der Waals surface area contributed by atoms with E-state index in [4.69, 9.17) is 0 Å². The number of rotatable bonds is 5. The van der Waals surface area contributed by atoms with Crippen LogP contribution < -0.4 is 15.8 Å². The highest BCUT2D eigenvalue weighted by Gasteiger charge is 2.41. The molecule has 8 nitrogen and oxygen atoms in total. The molecule has 1 saturated heterocycles. The van der Waals surface area contributed by atoms with Crippen LogP contribution in [0.2, 0.25) is 0 Å². The highest BCUT2D eigenvalue weighted by Crippen LogP contribution is 2.37. The standard InChI is InChI=1S/C21H22F6N6O2/c22-20(23,24)12-9-28-19(29-10-12)33-7-5-11(6-8-33)1-4-15(34)30-14-3-2-13-16(21(25,26)27)18(35)32-31-17(13)14/h9-11,14H,1-8H2,(H,30,34)(H,32,35). The second-order valence-electron chi connectivity index (χ2n) is 8.69. The first-order chi connectivity index (χ1) is 16.4. The van der Waals surface area contributed by atoms with Gasteiger partial charge in [-0.3, -0.25) is 9.59 Å². The molecule has 2 aliphatic rings. The van der Waals surface area contributed by atoms with Gasteiger partial charge in [0.05, 0.1) is 17.3 Å². The van der Waals surface area contributed by atoms with Crippen molar-refractivity contribution in [2.75, 3.05) is 18.0 Å². The minimum atomic E-state index is -4.81. The molecule has 3 heterocycles. The normalized spacial score (nSPS) is 19.0. The second kappa shape index (κ2) is 9.46. The number of alkyl halides is 6. The first-order valence-electron chi connectivity index (χ1n) is 11.1. The van der Waals surface area contributed by atoms with Gasteiger partial charge in [-0.05, 0) is 43.6 Å². The van der Waals surface area contributed by atoms with Gasteiger partial charge in [-0.1, -0.05) is 0 Å². The zero-order valence-corrected chi connectivity index (χ0v) is 18.3. The van der Waals surface area contributed by atoms with Gasteiger partial charge in [0.2, 0.25) is 11.9 Å². The summed E-state index contributed by atoms with van der Waals surface area (Å²) >= 11 is 0. The van der Waals surface area contributed by atoms with Gasteiger partial charge in [-0.15, -0.1) is 0 Å². The lowest BCUT2D eigenvalue weighted by Gasteiger charge is -2.32. The van der Waals surface area contributed by atoms with E-state index >= 15 is 0 Å². The molecule has 190 valence electrons. The van der Waals surface area contributed by atoms with Gasteiger partial charge < -0.3 is 10.2 Å². The number of hydrogen-bond acceptors (Lipinski definition) is 6. The van der Waals surface area contributed by atoms with Crippen molar-refractivity contribution in [2.45, 2.75) is 56.9 Å². The van der Waals surface area contributed by atoms with Gasteiger partial charge in [-0.2, -0.15) is 31.4 Å². The molecule has 0 spiro atoms. The molecule has 0 bridgehead atoms. The number of fused-ring (bicyclic) bond motifs is 1. The van der Waals surface area contributed by atoms with E-state index in [1.165, 1.54) is 0 Å². The molecule has 35 heavy (non-hydrogen) atoms. The third-order valence-electron chi connectivity index (χ3n) is 6.39. The Bertz CT molecular complexity index is 1120. The summed E-state index contributed by atoms with van der Waals surface area (Å²) in [6.45, 7) is 1.07. The SMILES string of the molecule is O=C(CCC1CCN(c2ncc(C(F)(F)F)cn2)CC1)NC1CCc2c1n[nH]c(=O)c2C(F)(F)F. The second-order valence-corrected chi connectivity index (χ2v) is 8.69. The maximum Gasteiger partial charge on any atom is 0.422 e. The Labute approximate surface area is 195 Å². The number of amides is 1. The molecule has 2 aromatic heterocycles. The van der Waals surface area contributed by atoms with Crippen LogP contribution in [0.5, 0.6) is 0 Å². The van der Waals surface area contributed by atoms with Crippen molar-refractivity contribution in [3.8, 4) is 0 Å². The lowest BCUT2D eigenvalue weighted by Crippen LogP contribution is -2.35. The molecule has 1 fully saturated rings. The summed E-state index contributed by atoms with van der Waals surface area (Å²) in [6.07, 6.45) is -5.47. The molecule has 1 aliphatic carbocycles. The Morgan fingerprint density at radius 1 is 1.06 bits per heavy atom. The first-order valence-corrected chi connectivity index (χ1v) is 11.1. The highest BCUT2D eigenvalue weighted by molar-refractivity contribution is 5.76. The summed E-state index contributed by atoms with van der Waals surface area (Å²) in [4.78, 5) is 33.5. The van der Waals surface area contributed by atoms with E-state index in [1.807, 2.05) is 5.10 Å². The largest absolute Gasteiger partial charge is 0.422 e. The predicted octanol–water partition coefficient (Wildman–Crippen LogP) is 3.40. The molecule has 0 aromatic carbocycles. The van der Waals surface area contributed by atoms with Gasteiger partial charge in [-0.25, -0.2) is 15.1 Å². The first kappa shape index (κ1) is 24.9. The number of carbonyl (C=O) groups is 1. The average Bonchev–Trinajstić information content (AvgIpc) is 3.18. The van der Waals surface area contributed by atoms with Crippen LogP contribution in [0.4, 0.5) is 32.3 Å². The molecule has 1 aliphatic heterocycles. The fourth-order valence-corrected chi connectivity index (χ4v) is 4.56. The van der Waals surface area contributed by atoms with E-state index in [0.717, 1.165) is 12.4 Å². The van der Waals surface area contributed by atoms with E-state index in [0.29, 0.717) is 32.4 Å². The van der Waals surface area contributed by atoms with E-state index in [1.54, 1.807) is 4.90 Å². The van der Waals surface area contributed by atoms with Crippen molar-refractivity contribution >= 4 is 11.9 Å². The van der Waals surface area contributed by atoms with Crippen LogP contribution in [0.1, 0.15) is 60.5 Å². The number of aromatic nitrogens is 4. The average molecular weight is 504 g/mol. The van der Waals surface area contributed by atoms with Crippen LogP contribution in [0.3, 0.4) is 0 Å². The fraction of sp³-hybridized carbons (Fsp3) is 0.571. The highest BCUT2D eigenvalue weighted by atomic mass is 19.4. The van der Waals surface area contributed by atoms with Crippen LogP contribution in [0.25, 0.3) is 0 Å².